The van der Waals surface area contributed by atoms with Crippen molar-refractivity contribution in [1.82, 2.24) is 15.2 Å². The molecule has 0 bridgehead atoms. The topological polar surface area (TPSA) is 57.3 Å². The van der Waals surface area contributed by atoms with Crippen molar-refractivity contribution >= 4 is 11.7 Å². The number of nitrogens with zero attached hydrogens (tertiary/aromatic N) is 2. The summed E-state index contributed by atoms with van der Waals surface area (Å²) in [5.41, 5.74) is 6.54. The molecule has 0 unspecified atom stereocenters. The van der Waals surface area contributed by atoms with Crippen LogP contribution in [0.4, 0.5) is 14.9 Å². The average Bonchev–Trinajstić information content (AvgIpc) is 2.80. The lowest BCUT2D eigenvalue weighted by Gasteiger charge is -2.32. The Morgan fingerprint density at radius 2 is 1.81 bits per heavy atom. The second-order valence-corrected chi connectivity index (χ2v) is 8.36. The molecule has 5 rings (SSSR count). The normalized spacial score (nSPS) is 17.0. The summed E-state index contributed by atoms with van der Waals surface area (Å²) in [5, 5.41) is 5.72. The number of carbonyl (C=O) groups is 1. The van der Waals surface area contributed by atoms with E-state index >= 15 is 0 Å². The fraction of sp³-hybridized carbons (Fsp3) is 0.280. The minimum atomic E-state index is -0.228. The standard InChI is InChI=1S/C25H25FN4O/c26-23-5-3-18(4-6-23)22-11-17(13-27-14-22)16-30-9-7-19(8-10-30)20-1-2-21-15-28-25(31)29-24(21)12-20/h1-6,11-14,19H,7-10,15-16H2,(H2,28,29,31). The number of piperidine rings is 1. The van der Waals surface area contributed by atoms with Crippen molar-refractivity contribution in [3.63, 3.8) is 0 Å². The molecule has 0 spiro atoms. The maximum absolute atomic E-state index is 13.2. The number of anilines is 1. The van der Waals surface area contributed by atoms with E-state index in [2.05, 4.69) is 44.8 Å². The van der Waals surface area contributed by atoms with Gasteiger partial charge in [0.25, 0.3) is 0 Å². The van der Waals surface area contributed by atoms with Gasteiger partial charge in [-0.05, 0) is 78.4 Å². The first kappa shape index (κ1) is 19.7. The van der Waals surface area contributed by atoms with Crippen molar-refractivity contribution in [2.45, 2.75) is 31.8 Å². The predicted molar refractivity (Wildman–Crippen MR) is 119 cm³/mol. The molecule has 0 aliphatic carbocycles. The molecule has 3 heterocycles. The number of pyridine rings is 1. The Kier molecular flexibility index (Phi) is 5.38. The number of amides is 2. The third-order valence-electron chi connectivity index (χ3n) is 6.26. The molecule has 0 saturated carbocycles. The molecule has 6 heteroatoms. The first-order chi connectivity index (χ1) is 15.1. The maximum atomic E-state index is 13.2. The molecule has 1 fully saturated rings. The Morgan fingerprint density at radius 3 is 2.61 bits per heavy atom. The Labute approximate surface area is 181 Å². The quantitative estimate of drug-likeness (QED) is 0.636. The number of urea groups is 1. The van der Waals surface area contributed by atoms with E-state index in [0.29, 0.717) is 12.5 Å². The molecule has 2 aliphatic rings. The van der Waals surface area contributed by atoms with Crippen molar-refractivity contribution in [2.75, 3.05) is 18.4 Å². The van der Waals surface area contributed by atoms with E-state index in [-0.39, 0.29) is 11.8 Å². The zero-order chi connectivity index (χ0) is 21.2. The number of carbonyl (C=O) groups excluding carboxylic acids is 1. The van der Waals surface area contributed by atoms with Crippen molar-refractivity contribution < 1.29 is 9.18 Å². The number of benzene rings is 2. The van der Waals surface area contributed by atoms with Gasteiger partial charge in [-0.25, -0.2) is 9.18 Å². The fourth-order valence-electron chi connectivity index (χ4n) is 4.52. The van der Waals surface area contributed by atoms with Gasteiger partial charge in [0.1, 0.15) is 5.82 Å². The third-order valence-corrected chi connectivity index (χ3v) is 6.26. The van der Waals surface area contributed by atoms with Crippen LogP contribution in [-0.4, -0.2) is 29.0 Å². The van der Waals surface area contributed by atoms with Crippen LogP contribution in [0, 0.1) is 5.82 Å². The van der Waals surface area contributed by atoms with Gasteiger partial charge in [-0.3, -0.25) is 9.88 Å². The van der Waals surface area contributed by atoms with Crippen LogP contribution in [0.15, 0.2) is 60.9 Å². The molecule has 5 nitrogen and oxygen atoms in total. The average molecular weight is 417 g/mol. The molecule has 2 aromatic carbocycles. The predicted octanol–water partition coefficient (Wildman–Crippen LogP) is 4.90. The smallest absolute Gasteiger partial charge is 0.319 e. The van der Waals surface area contributed by atoms with Crippen LogP contribution in [0.25, 0.3) is 11.1 Å². The minimum Gasteiger partial charge on any atom is -0.334 e. The Morgan fingerprint density at radius 1 is 1.00 bits per heavy atom. The molecule has 158 valence electrons. The lowest BCUT2D eigenvalue weighted by atomic mass is 9.88. The van der Waals surface area contributed by atoms with Gasteiger partial charge in [0.2, 0.25) is 0 Å². The van der Waals surface area contributed by atoms with E-state index in [4.69, 9.17) is 0 Å². The molecular weight excluding hydrogens is 391 g/mol. The summed E-state index contributed by atoms with van der Waals surface area (Å²) in [4.78, 5) is 18.5. The second-order valence-electron chi connectivity index (χ2n) is 8.36. The second kappa shape index (κ2) is 8.47. The van der Waals surface area contributed by atoms with Crippen molar-refractivity contribution in [2.24, 2.45) is 0 Å². The van der Waals surface area contributed by atoms with E-state index < -0.39 is 0 Å². The Bertz CT molecular complexity index is 1090. The number of hydrogen-bond donors (Lipinski definition) is 2. The van der Waals surface area contributed by atoms with Gasteiger partial charge >= 0.3 is 6.03 Å². The summed E-state index contributed by atoms with van der Waals surface area (Å²) in [5.74, 6) is 0.283. The van der Waals surface area contributed by atoms with Crippen LogP contribution in [0.5, 0.6) is 0 Å². The SMILES string of the molecule is O=C1NCc2ccc(C3CCN(Cc4cncc(-c5ccc(F)cc5)c4)CC3)cc2N1. The van der Waals surface area contributed by atoms with E-state index in [1.165, 1.54) is 23.3 Å². The highest BCUT2D eigenvalue weighted by Gasteiger charge is 2.23. The van der Waals surface area contributed by atoms with E-state index in [1.54, 1.807) is 12.1 Å². The summed E-state index contributed by atoms with van der Waals surface area (Å²) < 4.78 is 13.2. The molecule has 2 aliphatic heterocycles. The molecule has 3 aromatic rings. The molecular formula is C25H25FN4O. The van der Waals surface area contributed by atoms with Gasteiger partial charge < -0.3 is 10.6 Å². The third kappa shape index (κ3) is 4.44. The van der Waals surface area contributed by atoms with Gasteiger partial charge in [-0.1, -0.05) is 24.3 Å². The van der Waals surface area contributed by atoms with Crippen molar-refractivity contribution in [3.05, 3.63) is 83.4 Å². The van der Waals surface area contributed by atoms with Crippen molar-refractivity contribution in [3.8, 4) is 11.1 Å². The van der Waals surface area contributed by atoms with E-state index in [0.717, 1.165) is 54.9 Å². The Balaban J connectivity index is 1.22. The molecule has 1 saturated heterocycles. The lowest BCUT2D eigenvalue weighted by Crippen LogP contribution is -2.34. The summed E-state index contributed by atoms with van der Waals surface area (Å²) in [6.07, 6.45) is 5.93. The number of rotatable bonds is 4. The molecule has 1 aromatic heterocycles. The van der Waals surface area contributed by atoms with Crippen LogP contribution in [0.2, 0.25) is 0 Å². The molecule has 31 heavy (non-hydrogen) atoms. The van der Waals surface area contributed by atoms with Gasteiger partial charge in [0, 0.05) is 36.7 Å². The summed E-state index contributed by atoms with van der Waals surface area (Å²) >= 11 is 0. The summed E-state index contributed by atoms with van der Waals surface area (Å²) in [6, 6.07) is 15.0. The van der Waals surface area contributed by atoms with Crippen LogP contribution in [-0.2, 0) is 13.1 Å². The Hall–Kier alpha value is -3.25. The fourth-order valence-corrected chi connectivity index (χ4v) is 4.52. The van der Waals surface area contributed by atoms with Crippen LogP contribution < -0.4 is 10.6 Å². The first-order valence-corrected chi connectivity index (χ1v) is 10.7. The van der Waals surface area contributed by atoms with Crippen LogP contribution >= 0.6 is 0 Å². The number of likely N-dealkylation sites (tertiary alicyclic amines) is 1. The molecule has 2 N–H and O–H groups in total. The molecule has 0 radical (unpaired) electrons. The number of aromatic nitrogens is 1. The van der Waals surface area contributed by atoms with Crippen molar-refractivity contribution in [1.29, 1.82) is 0 Å². The number of hydrogen-bond acceptors (Lipinski definition) is 3. The minimum absolute atomic E-state index is 0.129. The largest absolute Gasteiger partial charge is 0.334 e. The monoisotopic (exact) mass is 416 g/mol. The maximum Gasteiger partial charge on any atom is 0.319 e. The zero-order valence-corrected chi connectivity index (χ0v) is 17.3. The van der Waals surface area contributed by atoms with Crippen LogP contribution in [0.3, 0.4) is 0 Å². The highest BCUT2D eigenvalue weighted by Crippen LogP contribution is 2.32. The zero-order valence-electron chi connectivity index (χ0n) is 17.3. The summed E-state index contributed by atoms with van der Waals surface area (Å²) in [7, 11) is 0. The number of nitrogens with one attached hydrogen (secondary N) is 2. The molecule has 0 atom stereocenters. The first-order valence-electron chi connectivity index (χ1n) is 10.7. The highest BCUT2D eigenvalue weighted by molar-refractivity contribution is 5.92. The molecule has 2 amide bonds. The summed E-state index contributed by atoms with van der Waals surface area (Å²) in [6.45, 7) is 3.50. The van der Waals surface area contributed by atoms with Gasteiger partial charge in [-0.15, -0.1) is 0 Å². The van der Waals surface area contributed by atoms with Crippen LogP contribution in [0.1, 0.15) is 35.4 Å². The van der Waals surface area contributed by atoms with E-state index in [9.17, 15) is 9.18 Å². The van der Waals surface area contributed by atoms with Gasteiger partial charge in [0.15, 0.2) is 0 Å². The van der Waals surface area contributed by atoms with Gasteiger partial charge in [0.05, 0.1) is 0 Å². The van der Waals surface area contributed by atoms with E-state index in [1.807, 2.05) is 12.4 Å². The van der Waals surface area contributed by atoms with Gasteiger partial charge in [-0.2, -0.15) is 0 Å². The number of fused-ring (bicyclic) bond motifs is 1. The number of halogens is 1. The lowest BCUT2D eigenvalue weighted by molar-refractivity contribution is 0.204. The highest BCUT2D eigenvalue weighted by atomic mass is 19.1.